The zero-order valence-electron chi connectivity index (χ0n) is 31.9. The van der Waals surface area contributed by atoms with E-state index in [-0.39, 0.29) is 37.7 Å². The molecule has 0 aliphatic rings. The molecule has 3 aromatic carbocycles. The first-order chi connectivity index (χ1) is 27.0. The molecule has 13 heteroatoms. The summed E-state index contributed by atoms with van der Waals surface area (Å²) in [6.45, 7) is 6.10. The minimum absolute atomic E-state index is 0.00673. The second-order valence-electron chi connectivity index (χ2n) is 14.2. The molecule has 1 unspecified atom stereocenters. The fourth-order valence-corrected chi connectivity index (χ4v) is 7.20. The monoisotopic (exact) mass is 778 g/mol. The number of aliphatic hydroxyl groups is 1. The van der Waals surface area contributed by atoms with Gasteiger partial charge < -0.3 is 31.1 Å². The number of hydrogen-bond acceptors (Lipinski definition) is 9. The Morgan fingerprint density at radius 2 is 1.52 bits per heavy atom. The van der Waals surface area contributed by atoms with Gasteiger partial charge in [0, 0.05) is 42.6 Å². The predicted octanol–water partition coefficient (Wildman–Crippen LogP) is 5.21. The molecule has 12 nitrogen and oxygen atoms in total. The van der Waals surface area contributed by atoms with Gasteiger partial charge in [-0.15, -0.1) is 11.3 Å². The van der Waals surface area contributed by atoms with E-state index in [1.807, 2.05) is 112 Å². The van der Waals surface area contributed by atoms with Gasteiger partial charge in [-0.25, -0.2) is 9.78 Å². The first-order valence-electron chi connectivity index (χ1n) is 18.8. The highest BCUT2D eigenvalue weighted by atomic mass is 32.1. The summed E-state index contributed by atoms with van der Waals surface area (Å²) in [5, 5.41) is 24.6. The molecule has 5 aromatic rings. The maximum absolute atomic E-state index is 14.3. The lowest BCUT2D eigenvalue weighted by molar-refractivity contribution is -0.131. The van der Waals surface area contributed by atoms with Crippen LogP contribution in [0.3, 0.4) is 0 Å². The largest absolute Gasteiger partial charge is 0.445 e. The third kappa shape index (κ3) is 12.7. The van der Waals surface area contributed by atoms with E-state index in [1.165, 1.54) is 11.3 Å². The number of ether oxygens (including phenoxy) is 1. The number of aromatic nitrogens is 2. The van der Waals surface area contributed by atoms with Crippen molar-refractivity contribution in [2.24, 2.45) is 5.92 Å². The number of carbonyl (C=O) groups is 4. The molecule has 56 heavy (non-hydrogen) atoms. The maximum Gasteiger partial charge on any atom is 0.408 e. The topological polar surface area (TPSA) is 172 Å². The molecule has 4 atom stereocenters. The number of carbonyl (C=O) groups excluding carboxylic acids is 4. The van der Waals surface area contributed by atoms with Gasteiger partial charge in [0.25, 0.3) is 0 Å². The van der Waals surface area contributed by atoms with Crippen molar-refractivity contribution < 1.29 is 29.0 Å². The Bertz CT molecular complexity index is 2040. The standard InChI is InChI=1S/C43H50N6O6S/c1-28(2)22-35(38(50)25-40(51)45-21-19-33-17-9-10-20-44-33)47-42(53)37(24-39-29(3)46-27-56-39)48-41(52)36(49-43(54)55-26-30-12-5-4-6-13-30)23-32-16-11-15-31-14-7-8-18-34(31)32/h4-18,20,27-28,35-38,50H,19,21-26H2,1-3H3,(H,45,51)(H,47,53)(H,48,52)(H,49,54)/t35-,36-,37?,38-/m0/s1. The van der Waals surface area contributed by atoms with E-state index < -0.39 is 42.1 Å². The number of fused-ring (bicyclic) bond motifs is 1. The van der Waals surface area contributed by atoms with Crippen LogP contribution in [0.1, 0.15) is 54.1 Å². The Morgan fingerprint density at radius 1 is 0.804 bits per heavy atom. The van der Waals surface area contributed by atoms with Crippen LogP contribution in [-0.4, -0.2) is 69.7 Å². The number of nitrogens with zero attached hydrogens (tertiary/aromatic N) is 2. The summed E-state index contributed by atoms with van der Waals surface area (Å²) >= 11 is 1.36. The Labute approximate surface area is 331 Å². The predicted molar refractivity (Wildman–Crippen MR) is 217 cm³/mol. The van der Waals surface area contributed by atoms with Crippen molar-refractivity contribution >= 4 is 45.9 Å². The minimum atomic E-state index is -1.20. The first-order valence-corrected chi connectivity index (χ1v) is 19.7. The number of thiazole rings is 1. The van der Waals surface area contributed by atoms with Gasteiger partial charge in [-0.3, -0.25) is 19.4 Å². The molecular weight excluding hydrogens is 729 g/mol. The molecule has 2 heterocycles. The van der Waals surface area contributed by atoms with Crippen molar-refractivity contribution in [1.29, 1.82) is 0 Å². The summed E-state index contributed by atoms with van der Waals surface area (Å²) in [5.74, 6) is -1.43. The second-order valence-corrected chi connectivity index (χ2v) is 15.1. The van der Waals surface area contributed by atoms with Crippen molar-refractivity contribution in [3.63, 3.8) is 0 Å². The van der Waals surface area contributed by atoms with Crippen LogP contribution in [0.25, 0.3) is 10.8 Å². The molecule has 0 radical (unpaired) electrons. The highest BCUT2D eigenvalue weighted by Gasteiger charge is 2.32. The average Bonchev–Trinajstić information content (AvgIpc) is 3.60. The lowest BCUT2D eigenvalue weighted by Crippen LogP contribution is -2.57. The van der Waals surface area contributed by atoms with Crippen LogP contribution in [0.5, 0.6) is 0 Å². The molecule has 0 bridgehead atoms. The quantitative estimate of drug-likeness (QED) is 0.0761. The van der Waals surface area contributed by atoms with Gasteiger partial charge in [-0.2, -0.15) is 0 Å². The fourth-order valence-electron chi connectivity index (χ4n) is 6.38. The van der Waals surface area contributed by atoms with Gasteiger partial charge in [0.2, 0.25) is 17.7 Å². The van der Waals surface area contributed by atoms with E-state index in [0.717, 1.165) is 38.2 Å². The molecule has 5 rings (SSSR count). The lowest BCUT2D eigenvalue weighted by atomic mass is 9.96. The average molecular weight is 779 g/mol. The van der Waals surface area contributed by atoms with Crippen LogP contribution in [0, 0.1) is 12.8 Å². The second kappa shape index (κ2) is 20.9. The molecule has 0 aliphatic carbocycles. The number of amides is 4. The van der Waals surface area contributed by atoms with Crippen LogP contribution in [0.4, 0.5) is 4.79 Å². The number of hydrogen-bond donors (Lipinski definition) is 5. The number of pyridine rings is 1. The summed E-state index contributed by atoms with van der Waals surface area (Å²) in [4.78, 5) is 63.9. The SMILES string of the molecule is Cc1ncsc1CC(NC(=O)[C@H](Cc1cccc2ccccc12)NC(=O)OCc1ccccc1)C(=O)N[C@@H](CC(C)C)[C@@H](O)CC(=O)NCCc1ccccn1. The van der Waals surface area contributed by atoms with Crippen molar-refractivity contribution in [1.82, 2.24) is 31.2 Å². The van der Waals surface area contributed by atoms with Crippen molar-refractivity contribution in [3.8, 4) is 0 Å². The molecule has 5 N–H and O–H groups in total. The smallest absolute Gasteiger partial charge is 0.408 e. The summed E-state index contributed by atoms with van der Waals surface area (Å²) in [6.07, 6.45) is 0.630. The Hall–Kier alpha value is -5.66. The number of nitrogens with one attached hydrogen (secondary N) is 4. The van der Waals surface area contributed by atoms with Crippen molar-refractivity contribution in [2.45, 2.75) is 83.7 Å². The minimum Gasteiger partial charge on any atom is -0.445 e. The summed E-state index contributed by atoms with van der Waals surface area (Å²) in [6, 6.07) is 25.3. The Morgan fingerprint density at radius 3 is 2.25 bits per heavy atom. The van der Waals surface area contributed by atoms with Crippen molar-refractivity contribution in [2.75, 3.05) is 6.54 Å². The molecule has 0 saturated carbocycles. The number of alkyl carbamates (subject to hydrolysis) is 1. The van der Waals surface area contributed by atoms with Gasteiger partial charge in [0.05, 0.1) is 29.8 Å². The number of rotatable bonds is 19. The van der Waals surface area contributed by atoms with Crippen LogP contribution < -0.4 is 21.3 Å². The first kappa shape index (κ1) is 41.5. The fraction of sp³-hybridized carbons (Fsp3) is 0.349. The highest BCUT2D eigenvalue weighted by molar-refractivity contribution is 7.09. The molecular formula is C43H50N6O6S. The van der Waals surface area contributed by atoms with Crippen LogP contribution in [0.15, 0.2) is 103 Å². The lowest BCUT2D eigenvalue weighted by Gasteiger charge is -2.29. The normalized spacial score (nSPS) is 13.3. The zero-order chi connectivity index (χ0) is 39.9. The van der Waals surface area contributed by atoms with Crippen LogP contribution in [0.2, 0.25) is 0 Å². The molecule has 294 valence electrons. The number of benzene rings is 3. The van der Waals surface area contributed by atoms with Crippen LogP contribution in [-0.2, 0) is 45.0 Å². The third-order valence-electron chi connectivity index (χ3n) is 9.33. The van der Waals surface area contributed by atoms with Gasteiger partial charge in [0.1, 0.15) is 18.7 Å². The maximum atomic E-state index is 14.3. The van der Waals surface area contributed by atoms with E-state index in [1.54, 1.807) is 11.7 Å². The van der Waals surface area contributed by atoms with Gasteiger partial charge in [0.15, 0.2) is 0 Å². The zero-order valence-corrected chi connectivity index (χ0v) is 32.8. The summed E-state index contributed by atoms with van der Waals surface area (Å²) in [7, 11) is 0. The van der Waals surface area contributed by atoms with E-state index in [0.29, 0.717) is 19.4 Å². The Balaban J connectivity index is 1.32. The molecule has 2 aromatic heterocycles. The van der Waals surface area contributed by atoms with E-state index >= 15 is 0 Å². The molecule has 0 spiro atoms. The summed E-state index contributed by atoms with van der Waals surface area (Å²) in [5.41, 5.74) is 4.84. The summed E-state index contributed by atoms with van der Waals surface area (Å²) < 4.78 is 5.50. The van der Waals surface area contributed by atoms with E-state index in [9.17, 15) is 24.3 Å². The van der Waals surface area contributed by atoms with Crippen LogP contribution >= 0.6 is 11.3 Å². The van der Waals surface area contributed by atoms with E-state index in [4.69, 9.17) is 4.74 Å². The number of aryl methyl sites for hydroxylation is 1. The van der Waals surface area contributed by atoms with E-state index in [2.05, 4.69) is 31.2 Å². The third-order valence-corrected chi connectivity index (χ3v) is 10.3. The molecule has 0 saturated heterocycles. The molecule has 4 amide bonds. The van der Waals surface area contributed by atoms with Gasteiger partial charge in [-0.05, 0) is 53.3 Å². The van der Waals surface area contributed by atoms with Gasteiger partial charge in [-0.1, -0.05) is 92.7 Å². The number of aliphatic hydroxyl groups excluding tert-OH is 1. The molecule has 0 aliphatic heterocycles. The van der Waals surface area contributed by atoms with Gasteiger partial charge >= 0.3 is 6.09 Å². The van der Waals surface area contributed by atoms with Crippen molar-refractivity contribution in [3.05, 3.63) is 130 Å². The Kier molecular flexibility index (Phi) is 15.5. The highest BCUT2D eigenvalue weighted by Crippen LogP contribution is 2.21. The molecule has 0 fully saturated rings.